The van der Waals surface area contributed by atoms with Gasteiger partial charge in [0.05, 0.1) is 12.6 Å². The number of hydrogen-bond acceptors (Lipinski definition) is 2. The standard InChI is InChI=1S/C18H22ClNO/c1-4-20-18(16-10-9-13(3)11-17(16)19)14-7-6-8-15(12-14)21-5-2/h6-12,18,20H,4-5H2,1-3H3. The van der Waals surface area contributed by atoms with Crippen LogP contribution in [0.15, 0.2) is 42.5 Å². The summed E-state index contributed by atoms with van der Waals surface area (Å²) in [6.45, 7) is 7.68. The molecule has 1 atom stereocenters. The molecule has 1 unspecified atom stereocenters. The maximum absolute atomic E-state index is 6.44. The van der Waals surface area contributed by atoms with Gasteiger partial charge in [-0.25, -0.2) is 0 Å². The van der Waals surface area contributed by atoms with Crippen LogP contribution in [0.3, 0.4) is 0 Å². The van der Waals surface area contributed by atoms with E-state index in [4.69, 9.17) is 16.3 Å². The van der Waals surface area contributed by atoms with Crippen molar-refractivity contribution in [3.63, 3.8) is 0 Å². The molecular weight excluding hydrogens is 282 g/mol. The largest absolute Gasteiger partial charge is 0.494 e. The van der Waals surface area contributed by atoms with E-state index in [0.717, 1.165) is 28.4 Å². The van der Waals surface area contributed by atoms with Crippen molar-refractivity contribution in [2.75, 3.05) is 13.2 Å². The molecule has 2 aromatic carbocycles. The fourth-order valence-corrected chi connectivity index (χ4v) is 2.77. The van der Waals surface area contributed by atoms with E-state index >= 15 is 0 Å². The van der Waals surface area contributed by atoms with Crippen LogP contribution in [0.25, 0.3) is 0 Å². The summed E-state index contributed by atoms with van der Waals surface area (Å²) in [5.74, 6) is 0.890. The predicted molar refractivity (Wildman–Crippen MR) is 89.3 cm³/mol. The first-order valence-electron chi connectivity index (χ1n) is 7.37. The Morgan fingerprint density at radius 3 is 2.62 bits per heavy atom. The molecule has 0 saturated carbocycles. The maximum Gasteiger partial charge on any atom is 0.119 e. The Hall–Kier alpha value is -1.51. The molecule has 0 aromatic heterocycles. The Labute approximate surface area is 132 Å². The maximum atomic E-state index is 6.44. The van der Waals surface area contributed by atoms with Gasteiger partial charge in [-0.1, -0.05) is 42.8 Å². The van der Waals surface area contributed by atoms with Crippen molar-refractivity contribution in [2.45, 2.75) is 26.8 Å². The van der Waals surface area contributed by atoms with E-state index in [2.05, 4.69) is 36.5 Å². The second-order valence-corrected chi connectivity index (χ2v) is 5.43. The zero-order chi connectivity index (χ0) is 15.2. The summed E-state index contributed by atoms with van der Waals surface area (Å²) in [6.07, 6.45) is 0. The second kappa shape index (κ2) is 7.48. The monoisotopic (exact) mass is 303 g/mol. The van der Waals surface area contributed by atoms with Crippen molar-refractivity contribution in [1.29, 1.82) is 0 Å². The van der Waals surface area contributed by atoms with Gasteiger partial charge in [-0.05, 0) is 55.3 Å². The van der Waals surface area contributed by atoms with Gasteiger partial charge in [-0.2, -0.15) is 0 Å². The molecule has 0 fully saturated rings. The van der Waals surface area contributed by atoms with Crippen molar-refractivity contribution in [2.24, 2.45) is 0 Å². The Morgan fingerprint density at radius 1 is 1.14 bits per heavy atom. The van der Waals surface area contributed by atoms with Gasteiger partial charge in [-0.15, -0.1) is 0 Å². The van der Waals surface area contributed by atoms with Gasteiger partial charge in [0.15, 0.2) is 0 Å². The molecule has 0 aliphatic carbocycles. The molecule has 21 heavy (non-hydrogen) atoms. The Balaban J connectivity index is 2.40. The van der Waals surface area contributed by atoms with Crippen LogP contribution < -0.4 is 10.1 Å². The molecule has 0 heterocycles. The first kappa shape index (κ1) is 15.9. The summed E-state index contributed by atoms with van der Waals surface area (Å²) in [4.78, 5) is 0. The highest BCUT2D eigenvalue weighted by atomic mass is 35.5. The summed E-state index contributed by atoms with van der Waals surface area (Å²) < 4.78 is 5.60. The highest BCUT2D eigenvalue weighted by Gasteiger charge is 2.16. The minimum absolute atomic E-state index is 0.0727. The highest BCUT2D eigenvalue weighted by Crippen LogP contribution is 2.30. The average Bonchev–Trinajstić information content (AvgIpc) is 2.46. The third-order valence-electron chi connectivity index (χ3n) is 3.38. The fraction of sp³-hybridized carbons (Fsp3) is 0.333. The van der Waals surface area contributed by atoms with E-state index in [9.17, 15) is 0 Å². The van der Waals surface area contributed by atoms with Crippen LogP contribution in [0.1, 0.15) is 36.6 Å². The number of benzene rings is 2. The van der Waals surface area contributed by atoms with Gasteiger partial charge in [0, 0.05) is 5.02 Å². The zero-order valence-corrected chi connectivity index (χ0v) is 13.6. The average molecular weight is 304 g/mol. The van der Waals surface area contributed by atoms with E-state index in [0.29, 0.717) is 6.61 Å². The summed E-state index contributed by atoms with van der Waals surface area (Å²) in [6, 6.07) is 14.5. The minimum atomic E-state index is 0.0727. The third-order valence-corrected chi connectivity index (χ3v) is 3.70. The number of ether oxygens (including phenoxy) is 1. The van der Waals surface area contributed by atoms with Crippen LogP contribution in [-0.4, -0.2) is 13.2 Å². The zero-order valence-electron chi connectivity index (χ0n) is 12.8. The van der Waals surface area contributed by atoms with Crippen molar-refractivity contribution in [3.8, 4) is 5.75 Å². The third kappa shape index (κ3) is 3.99. The lowest BCUT2D eigenvalue weighted by atomic mass is 9.97. The molecule has 0 radical (unpaired) electrons. The number of rotatable bonds is 6. The number of aryl methyl sites for hydroxylation is 1. The smallest absolute Gasteiger partial charge is 0.119 e. The number of hydrogen-bond donors (Lipinski definition) is 1. The van der Waals surface area contributed by atoms with Crippen LogP contribution in [0.4, 0.5) is 0 Å². The first-order chi connectivity index (χ1) is 10.2. The Bertz CT molecular complexity index is 598. The van der Waals surface area contributed by atoms with Crippen molar-refractivity contribution >= 4 is 11.6 Å². The lowest BCUT2D eigenvalue weighted by Crippen LogP contribution is -2.22. The molecule has 0 saturated heterocycles. The number of halogens is 1. The topological polar surface area (TPSA) is 21.3 Å². The van der Waals surface area contributed by atoms with Gasteiger partial charge < -0.3 is 10.1 Å². The Kier molecular flexibility index (Phi) is 5.66. The SMILES string of the molecule is CCNC(c1cccc(OCC)c1)c1ccc(C)cc1Cl. The normalized spacial score (nSPS) is 12.2. The van der Waals surface area contributed by atoms with Crippen molar-refractivity contribution < 1.29 is 4.74 Å². The van der Waals surface area contributed by atoms with Crippen LogP contribution in [-0.2, 0) is 0 Å². The molecule has 0 aliphatic rings. The van der Waals surface area contributed by atoms with Crippen LogP contribution in [0.5, 0.6) is 5.75 Å². The van der Waals surface area contributed by atoms with Gasteiger partial charge >= 0.3 is 0 Å². The highest BCUT2D eigenvalue weighted by molar-refractivity contribution is 6.31. The molecule has 0 spiro atoms. The van der Waals surface area contributed by atoms with Crippen LogP contribution >= 0.6 is 11.6 Å². The second-order valence-electron chi connectivity index (χ2n) is 5.02. The molecule has 3 heteroatoms. The summed E-state index contributed by atoms with van der Waals surface area (Å²) in [5, 5.41) is 4.30. The molecule has 112 valence electrons. The molecule has 0 bridgehead atoms. The van der Waals surface area contributed by atoms with Crippen molar-refractivity contribution in [1.82, 2.24) is 5.32 Å². The van der Waals surface area contributed by atoms with Gasteiger partial charge in [0.25, 0.3) is 0 Å². The quantitative estimate of drug-likeness (QED) is 0.832. The molecule has 1 N–H and O–H groups in total. The number of nitrogens with one attached hydrogen (secondary N) is 1. The first-order valence-corrected chi connectivity index (χ1v) is 7.75. The van der Waals surface area contributed by atoms with E-state index < -0.39 is 0 Å². The lowest BCUT2D eigenvalue weighted by Gasteiger charge is -2.21. The van der Waals surface area contributed by atoms with Crippen LogP contribution in [0, 0.1) is 6.92 Å². The van der Waals surface area contributed by atoms with Gasteiger partial charge in [-0.3, -0.25) is 0 Å². The molecule has 2 nitrogen and oxygen atoms in total. The van der Waals surface area contributed by atoms with Crippen LogP contribution in [0.2, 0.25) is 5.02 Å². The molecule has 2 rings (SSSR count). The fourth-order valence-electron chi connectivity index (χ4n) is 2.43. The lowest BCUT2D eigenvalue weighted by molar-refractivity contribution is 0.339. The van der Waals surface area contributed by atoms with Gasteiger partial charge in [0.1, 0.15) is 5.75 Å². The van der Waals surface area contributed by atoms with E-state index in [1.165, 1.54) is 5.56 Å². The predicted octanol–water partition coefficient (Wildman–Crippen LogP) is 4.75. The summed E-state index contributed by atoms with van der Waals surface area (Å²) in [5.41, 5.74) is 3.42. The van der Waals surface area contributed by atoms with E-state index in [1.807, 2.05) is 32.0 Å². The van der Waals surface area contributed by atoms with Crippen molar-refractivity contribution in [3.05, 3.63) is 64.2 Å². The molecule has 0 amide bonds. The van der Waals surface area contributed by atoms with Gasteiger partial charge in [0.2, 0.25) is 0 Å². The molecule has 0 aliphatic heterocycles. The molecular formula is C18H22ClNO. The minimum Gasteiger partial charge on any atom is -0.494 e. The van der Waals surface area contributed by atoms with E-state index in [-0.39, 0.29) is 6.04 Å². The summed E-state index contributed by atoms with van der Waals surface area (Å²) >= 11 is 6.44. The van der Waals surface area contributed by atoms with E-state index in [1.54, 1.807) is 0 Å². The summed E-state index contributed by atoms with van der Waals surface area (Å²) in [7, 11) is 0. The Morgan fingerprint density at radius 2 is 1.95 bits per heavy atom. The molecule has 2 aromatic rings.